The second-order valence-electron chi connectivity index (χ2n) is 6.28. The zero-order valence-corrected chi connectivity index (χ0v) is 15.5. The molecule has 0 N–H and O–H groups in total. The van der Waals surface area contributed by atoms with Crippen molar-refractivity contribution in [3.05, 3.63) is 69.6 Å². The van der Waals surface area contributed by atoms with Gasteiger partial charge in [-0.05, 0) is 0 Å². The zero-order chi connectivity index (χ0) is 17.1. The summed E-state index contributed by atoms with van der Waals surface area (Å²) in [5.41, 5.74) is 3.75. The molecule has 6 heteroatoms. The average molecular weight is 389 g/mol. The van der Waals surface area contributed by atoms with Gasteiger partial charge in [-0.2, -0.15) is 0 Å². The third-order valence-corrected chi connectivity index (χ3v) is 6.64. The molecule has 0 fully saturated rings. The first-order valence-corrected chi connectivity index (χ1v) is 9.61. The van der Waals surface area contributed by atoms with Crippen molar-refractivity contribution >= 4 is 38.2 Å². The van der Waals surface area contributed by atoms with Crippen LogP contribution in [0.3, 0.4) is 0 Å². The van der Waals surface area contributed by atoms with Crippen molar-refractivity contribution in [2.75, 3.05) is 0 Å². The Morgan fingerprint density at radius 1 is 1.08 bits per heavy atom. The Kier molecular flexibility index (Phi) is 3.45. The third-order valence-electron chi connectivity index (χ3n) is 4.61. The molecule has 0 unspecified atom stereocenters. The summed E-state index contributed by atoms with van der Waals surface area (Å²) < 4.78 is 34.9. The van der Waals surface area contributed by atoms with Crippen molar-refractivity contribution in [2.24, 2.45) is 0 Å². The maximum absolute atomic E-state index is 15.2. The summed E-state index contributed by atoms with van der Waals surface area (Å²) >= 11 is 0.0246. The van der Waals surface area contributed by atoms with Gasteiger partial charge in [-0.15, -0.1) is 0 Å². The zero-order valence-electron chi connectivity index (χ0n) is 13.8. The molecule has 3 heterocycles. The van der Waals surface area contributed by atoms with E-state index in [9.17, 15) is 0 Å². The van der Waals surface area contributed by atoms with E-state index in [2.05, 4.69) is 0 Å². The molecule has 0 saturated carbocycles. The van der Waals surface area contributed by atoms with Gasteiger partial charge >= 0.3 is 146 Å². The molecule has 0 atom stereocenters. The van der Waals surface area contributed by atoms with E-state index in [0.29, 0.717) is 17.1 Å². The van der Waals surface area contributed by atoms with Crippen LogP contribution in [0.1, 0.15) is 23.9 Å². The number of allylic oxidation sites excluding steroid dienone is 3. The van der Waals surface area contributed by atoms with Crippen LogP contribution < -0.4 is 4.46 Å². The molecule has 0 saturated heterocycles. The number of benzene rings is 1. The minimum atomic E-state index is -3.84. The van der Waals surface area contributed by atoms with Crippen molar-refractivity contribution in [3.8, 4) is 0 Å². The third kappa shape index (κ3) is 2.17. The number of fused-ring (bicyclic) bond motifs is 2. The van der Waals surface area contributed by atoms with E-state index >= 15 is 8.63 Å². The molecule has 2 aliphatic heterocycles. The van der Waals surface area contributed by atoms with Crippen LogP contribution in [0.25, 0.3) is 5.57 Å². The predicted octanol–water partition coefficient (Wildman–Crippen LogP) is 3.08. The van der Waals surface area contributed by atoms with E-state index in [0.717, 1.165) is 15.6 Å². The Morgan fingerprint density at radius 3 is 2.50 bits per heavy atom. The maximum atomic E-state index is 15.2. The molecular weight excluding hydrogens is 372 g/mol. The molecule has 122 valence electrons. The standard InChI is InChI=1S/C18H17BF2N2Se/c1-12-9-13(2)23-18(12)14(3)17-10-16(11-22(17)19(23,20)21)24-15-7-5-4-6-8-15/h4-11H,1-3H3. The first-order valence-electron chi connectivity index (χ1n) is 7.89. The van der Waals surface area contributed by atoms with Gasteiger partial charge < -0.3 is 0 Å². The van der Waals surface area contributed by atoms with E-state index in [1.807, 2.05) is 56.3 Å². The van der Waals surface area contributed by atoms with Crippen molar-refractivity contribution in [2.45, 2.75) is 20.8 Å². The quantitative estimate of drug-likeness (QED) is 0.698. The monoisotopic (exact) mass is 390 g/mol. The van der Waals surface area contributed by atoms with E-state index in [4.69, 9.17) is 0 Å². The van der Waals surface area contributed by atoms with E-state index < -0.39 is 6.97 Å². The van der Waals surface area contributed by atoms with E-state index in [1.54, 1.807) is 13.1 Å². The minimum absolute atomic E-state index is 0.0246. The number of rotatable bonds is 2. The van der Waals surface area contributed by atoms with Crippen LogP contribution in [0.5, 0.6) is 0 Å². The fourth-order valence-corrected chi connectivity index (χ4v) is 5.53. The molecule has 0 spiro atoms. The molecule has 4 rings (SSSR count). The average Bonchev–Trinajstić information content (AvgIpc) is 3.09. The number of aryl methyl sites for hydroxylation is 2. The summed E-state index contributed by atoms with van der Waals surface area (Å²) in [6.07, 6.45) is 3.58. The molecule has 2 aliphatic rings. The van der Waals surface area contributed by atoms with Crippen LogP contribution in [-0.2, 0) is 0 Å². The van der Waals surface area contributed by atoms with Crippen LogP contribution in [-0.4, -0.2) is 37.1 Å². The molecule has 24 heavy (non-hydrogen) atoms. The van der Waals surface area contributed by atoms with E-state index in [1.165, 1.54) is 13.4 Å². The second kappa shape index (κ2) is 5.30. The van der Waals surface area contributed by atoms with Crippen molar-refractivity contribution in [1.29, 1.82) is 0 Å². The van der Waals surface area contributed by atoms with Crippen LogP contribution >= 0.6 is 0 Å². The summed E-state index contributed by atoms with van der Waals surface area (Å²) in [6.45, 7) is 1.76. The SMILES string of the molecule is CC1=C2C=C([Se]c3ccccc3)C=[N+]2[B-](F)(F)n2c(C)cc(C)c21. The molecule has 0 bridgehead atoms. The summed E-state index contributed by atoms with van der Waals surface area (Å²) in [5.74, 6) is 0. The van der Waals surface area contributed by atoms with Gasteiger partial charge in [-0.1, -0.05) is 0 Å². The first kappa shape index (κ1) is 15.6. The Labute approximate surface area is 146 Å². The van der Waals surface area contributed by atoms with Crippen molar-refractivity contribution in [1.82, 2.24) is 4.48 Å². The van der Waals surface area contributed by atoms with Crippen LogP contribution in [0.15, 0.2) is 52.6 Å². The summed E-state index contributed by atoms with van der Waals surface area (Å²) in [4.78, 5) is 0. The van der Waals surface area contributed by atoms with Gasteiger partial charge in [0.25, 0.3) is 0 Å². The van der Waals surface area contributed by atoms with Gasteiger partial charge in [0.2, 0.25) is 0 Å². The van der Waals surface area contributed by atoms with Gasteiger partial charge in [0.1, 0.15) is 0 Å². The molecule has 2 nitrogen and oxygen atoms in total. The fourth-order valence-electron chi connectivity index (χ4n) is 3.63. The number of nitrogens with zero attached hydrogens (tertiary/aromatic N) is 2. The Balaban J connectivity index is 1.84. The topological polar surface area (TPSA) is 7.94 Å². The first-order chi connectivity index (χ1) is 11.4. The van der Waals surface area contributed by atoms with Gasteiger partial charge in [0.15, 0.2) is 0 Å². The molecular formula is C18H17BF2N2Se. The Hall–Kier alpha value is -1.91. The summed E-state index contributed by atoms with van der Waals surface area (Å²) in [5, 5.41) is 0. The number of aromatic nitrogens is 1. The Morgan fingerprint density at radius 2 is 1.79 bits per heavy atom. The summed E-state index contributed by atoms with van der Waals surface area (Å²) in [6, 6.07) is 11.9. The molecule has 0 aliphatic carbocycles. The molecule has 0 radical (unpaired) electrons. The van der Waals surface area contributed by atoms with Gasteiger partial charge in [-0.25, -0.2) is 0 Å². The van der Waals surface area contributed by atoms with Gasteiger partial charge in [-0.3, -0.25) is 0 Å². The normalized spacial score (nSPS) is 18.2. The van der Waals surface area contributed by atoms with E-state index in [-0.39, 0.29) is 15.0 Å². The molecule has 1 aromatic carbocycles. The van der Waals surface area contributed by atoms with Crippen LogP contribution in [0.2, 0.25) is 0 Å². The summed E-state index contributed by atoms with van der Waals surface area (Å²) in [7, 11) is 0. The molecule has 0 amide bonds. The number of hydrogen-bond acceptors (Lipinski definition) is 0. The van der Waals surface area contributed by atoms with Crippen LogP contribution in [0, 0.1) is 13.8 Å². The molecule has 1 aromatic heterocycles. The van der Waals surface area contributed by atoms with Crippen molar-refractivity contribution < 1.29 is 13.1 Å². The number of halogens is 2. The fraction of sp³-hybridized carbons (Fsp3) is 0.167. The molecule has 2 aromatic rings. The predicted molar refractivity (Wildman–Crippen MR) is 96.1 cm³/mol. The van der Waals surface area contributed by atoms with Gasteiger partial charge in [0.05, 0.1) is 0 Å². The Bertz CT molecular complexity index is 939. The van der Waals surface area contributed by atoms with Crippen LogP contribution in [0.4, 0.5) is 8.63 Å². The number of hydrogen-bond donors (Lipinski definition) is 0. The second-order valence-corrected chi connectivity index (χ2v) is 8.69. The van der Waals surface area contributed by atoms with Gasteiger partial charge in [0, 0.05) is 0 Å². The van der Waals surface area contributed by atoms with Crippen molar-refractivity contribution in [3.63, 3.8) is 0 Å².